The molecule has 0 aliphatic rings. The average Bonchev–Trinajstić information content (AvgIpc) is 3.12. The number of rotatable bonds is 7. The zero-order chi connectivity index (χ0) is 20.2. The highest BCUT2D eigenvalue weighted by Crippen LogP contribution is 2.27. The summed E-state index contributed by atoms with van der Waals surface area (Å²) in [5.74, 6) is -1.44. The summed E-state index contributed by atoms with van der Waals surface area (Å²) in [6.07, 6.45) is 2.55. The number of hydrogen-bond acceptors (Lipinski definition) is 7. The smallest absolute Gasteiger partial charge is 0.189 e. The van der Waals surface area contributed by atoms with Gasteiger partial charge in [0, 0.05) is 23.5 Å². The molecule has 3 N–H and O–H groups in total. The SMILES string of the molecule is Nc1ccc(CCNc2nc3nc(SCc4cccc(F)c4F)ncc3s2)cc1. The number of benzene rings is 2. The molecule has 0 unspecified atom stereocenters. The molecule has 0 saturated carbocycles. The molecule has 0 radical (unpaired) electrons. The lowest BCUT2D eigenvalue weighted by Crippen LogP contribution is -2.04. The second-order valence-corrected chi connectivity index (χ2v) is 8.25. The Morgan fingerprint density at radius 1 is 1.07 bits per heavy atom. The van der Waals surface area contributed by atoms with Crippen molar-refractivity contribution < 1.29 is 8.78 Å². The Hall–Kier alpha value is -2.78. The van der Waals surface area contributed by atoms with Crippen LogP contribution < -0.4 is 11.1 Å². The Morgan fingerprint density at radius 3 is 2.72 bits per heavy atom. The second-order valence-electron chi connectivity index (χ2n) is 6.28. The van der Waals surface area contributed by atoms with E-state index in [0.717, 1.165) is 34.6 Å². The summed E-state index contributed by atoms with van der Waals surface area (Å²) in [4.78, 5) is 13.2. The van der Waals surface area contributed by atoms with Gasteiger partial charge in [0.1, 0.15) is 0 Å². The van der Waals surface area contributed by atoms with Crippen LogP contribution >= 0.6 is 23.1 Å². The van der Waals surface area contributed by atoms with Crippen molar-refractivity contribution in [3.05, 3.63) is 71.4 Å². The van der Waals surface area contributed by atoms with Crippen LogP contribution in [0.2, 0.25) is 0 Å². The summed E-state index contributed by atoms with van der Waals surface area (Å²) >= 11 is 2.72. The summed E-state index contributed by atoms with van der Waals surface area (Å²) in [6, 6.07) is 11.9. The monoisotopic (exact) mass is 429 g/mol. The van der Waals surface area contributed by atoms with Crippen molar-refractivity contribution >= 4 is 44.3 Å². The molecule has 2 heterocycles. The maximum absolute atomic E-state index is 13.8. The van der Waals surface area contributed by atoms with Crippen LogP contribution in [0.1, 0.15) is 11.1 Å². The third-order valence-corrected chi connectivity index (χ3v) is 6.03. The van der Waals surface area contributed by atoms with E-state index in [9.17, 15) is 8.78 Å². The lowest BCUT2D eigenvalue weighted by atomic mass is 10.1. The van der Waals surface area contributed by atoms with E-state index >= 15 is 0 Å². The third kappa shape index (κ3) is 4.80. The molecular weight excluding hydrogens is 412 g/mol. The molecule has 29 heavy (non-hydrogen) atoms. The highest BCUT2D eigenvalue weighted by molar-refractivity contribution is 7.98. The summed E-state index contributed by atoms with van der Waals surface area (Å²) in [6.45, 7) is 0.734. The summed E-state index contributed by atoms with van der Waals surface area (Å²) in [5.41, 5.74) is 8.50. The standard InChI is InChI=1S/C20H17F2N5S2/c21-15-3-1-2-13(17(15)22)11-28-19-25-10-16-18(26-19)27-20(29-16)24-9-8-12-4-6-14(23)7-5-12/h1-7,10H,8-9,11,23H2,(H,24,25,26,27). The molecule has 4 aromatic rings. The van der Waals surface area contributed by atoms with E-state index in [2.05, 4.69) is 20.3 Å². The van der Waals surface area contributed by atoms with Crippen molar-refractivity contribution in [2.45, 2.75) is 17.3 Å². The number of nitrogens with zero attached hydrogens (tertiary/aromatic N) is 3. The average molecular weight is 430 g/mol. The van der Waals surface area contributed by atoms with E-state index in [1.165, 1.54) is 34.7 Å². The number of nitrogen functional groups attached to an aromatic ring is 1. The predicted octanol–water partition coefficient (Wildman–Crippen LogP) is 4.89. The van der Waals surface area contributed by atoms with Crippen LogP contribution in [0.4, 0.5) is 19.6 Å². The third-order valence-electron chi connectivity index (χ3n) is 4.19. The highest BCUT2D eigenvalue weighted by Gasteiger charge is 2.11. The molecule has 0 fully saturated rings. The number of anilines is 2. The molecule has 0 saturated heterocycles. The molecule has 0 spiro atoms. The first-order chi connectivity index (χ1) is 14.1. The van der Waals surface area contributed by atoms with Gasteiger partial charge in [-0.25, -0.2) is 18.7 Å². The molecule has 5 nitrogen and oxygen atoms in total. The van der Waals surface area contributed by atoms with Gasteiger partial charge in [0.15, 0.2) is 27.6 Å². The first kappa shape index (κ1) is 19.5. The summed E-state index contributed by atoms with van der Waals surface area (Å²) in [7, 11) is 0. The minimum absolute atomic E-state index is 0.242. The number of halogens is 2. The van der Waals surface area contributed by atoms with Gasteiger partial charge in [0.05, 0.1) is 10.9 Å². The fourth-order valence-corrected chi connectivity index (χ4v) is 4.26. The Morgan fingerprint density at radius 2 is 1.90 bits per heavy atom. The zero-order valence-corrected chi connectivity index (χ0v) is 16.9. The zero-order valence-electron chi connectivity index (χ0n) is 15.2. The lowest BCUT2D eigenvalue weighted by Gasteiger charge is -2.03. The molecular formula is C20H17F2N5S2. The molecule has 0 amide bonds. The van der Waals surface area contributed by atoms with Gasteiger partial charge < -0.3 is 11.1 Å². The van der Waals surface area contributed by atoms with Crippen LogP contribution in [0, 0.1) is 11.6 Å². The predicted molar refractivity (Wildman–Crippen MR) is 114 cm³/mol. The van der Waals surface area contributed by atoms with Gasteiger partial charge in [-0.15, -0.1) is 0 Å². The van der Waals surface area contributed by atoms with Crippen LogP contribution in [-0.4, -0.2) is 21.5 Å². The van der Waals surface area contributed by atoms with E-state index < -0.39 is 11.6 Å². The molecule has 0 bridgehead atoms. The molecule has 0 aliphatic carbocycles. The number of thiazole rings is 1. The molecule has 0 atom stereocenters. The fourth-order valence-electron chi connectivity index (χ4n) is 2.67. The normalized spacial score (nSPS) is 11.1. The second kappa shape index (κ2) is 8.71. The molecule has 2 aromatic heterocycles. The van der Waals surface area contributed by atoms with E-state index in [-0.39, 0.29) is 11.3 Å². The van der Waals surface area contributed by atoms with E-state index in [0.29, 0.717) is 10.8 Å². The molecule has 148 valence electrons. The highest BCUT2D eigenvalue weighted by atomic mass is 32.2. The minimum Gasteiger partial charge on any atom is -0.399 e. The Bertz CT molecular complexity index is 1130. The molecule has 9 heteroatoms. The van der Waals surface area contributed by atoms with Crippen molar-refractivity contribution in [1.29, 1.82) is 0 Å². The Balaban J connectivity index is 1.38. The topological polar surface area (TPSA) is 76.7 Å². The van der Waals surface area contributed by atoms with Crippen molar-refractivity contribution in [2.75, 3.05) is 17.6 Å². The maximum Gasteiger partial charge on any atom is 0.189 e. The van der Waals surface area contributed by atoms with Gasteiger partial charge in [-0.3, -0.25) is 0 Å². The van der Waals surface area contributed by atoms with Crippen molar-refractivity contribution in [3.63, 3.8) is 0 Å². The van der Waals surface area contributed by atoms with Crippen LogP contribution in [-0.2, 0) is 12.2 Å². The first-order valence-corrected chi connectivity index (χ1v) is 10.7. The fraction of sp³-hybridized carbons (Fsp3) is 0.150. The molecule has 0 aliphatic heterocycles. The van der Waals surface area contributed by atoms with E-state index in [1.54, 1.807) is 12.3 Å². The number of nitrogens with two attached hydrogens (primary N) is 1. The molecule has 4 rings (SSSR count). The molecule has 2 aromatic carbocycles. The van der Waals surface area contributed by atoms with E-state index in [1.807, 2.05) is 24.3 Å². The number of thioether (sulfide) groups is 1. The van der Waals surface area contributed by atoms with Crippen molar-refractivity contribution in [1.82, 2.24) is 15.0 Å². The number of nitrogens with one attached hydrogen (secondary N) is 1. The van der Waals surface area contributed by atoms with Gasteiger partial charge in [-0.2, -0.15) is 4.98 Å². The van der Waals surface area contributed by atoms with Gasteiger partial charge in [0.25, 0.3) is 0 Å². The summed E-state index contributed by atoms with van der Waals surface area (Å²) < 4.78 is 27.9. The van der Waals surface area contributed by atoms with Crippen molar-refractivity contribution in [3.8, 4) is 0 Å². The number of hydrogen-bond donors (Lipinski definition) is 2. The number of aromatic nitrogens is 3. The van der Waals surface area contributed by atoms with Gasteiger partial charge >= 0.3 is 0 Å². The lowest BCUT2D eigenvalue weighted by molar-refractivity contribution is 0.502. The maximum atomic E-state index is 13.8. The summed E-state index contributed by atoms with van der Waals surface area (Å²) in [5, 5.41) is 4.54. The van der Waals surface area contributed by atoms with Crippen LogP contribution in [0.3, 0.4) is 0 Å². The van der Waals surface area contributed by atoms with Gasteiger partial charge in [-0.1, -0.05) is 47.4 Å². The quantitative estimate of drug-likeness (QED) is 0.247. The first-order valence-electron chi connectivity index (χ1n) is 8.86. The Kier molecular flexibility index (Phi) is 5.86. The van der Waals surface area contributed by atoms with E-state index in [4.69, 9.17) is 5.73 Å². The van der Waals surface area contributed by atoms with Gasteiger partial charge in [0.2, 0.25) is 0 Å². The Labute approximate surface area is 174 Å². The van der Waals surface area contributed by atoms with Crippen molar-refractivity contribution in [2.24, 2.45) is 0 Å². The van der Waals surface area contributed by atoms with Crippen LogP contribution in [0.25, 0.3) is 10.3 Å². The number of fused-ring (bicyclic) bond motifs is 1. The van der Waals surface area contributed by atoms with Crippen LogP contribution in [0.15, 0.2) is 53.8 Å². The van der Waals surface area contributed by atoms with Crippen LogP contribution in [0.5, 0.6) is 0 Å². The largest absolute Gasteiger partial charge is 0.399 e. The minimum atomic E-state index is -0.853. The van der Waals surface area contributed by atoms with Gasteiger partial charge in [-0.05, 0) is 30.2 Å².